The van der Waals surface area contributed by atoms with Crippen LogP contribution >= 0.6 is 0 Å². The van der Waals surface area contributed by atoms with Gasteiger partial charge < -0.3 is 18.9 Å². The summed E-state index contributed by atoms with van der Waals surface area (Å²) in [6.45, 7) is 10.2. The summed E-state index contributed by atoms with van der Waals surface area (Å²) in [5, 5.41) is 0. The maximum atomic E-state index is 13.7. The average Bonchev–Trinajstić information content (AvgIpc) is 3.21. The maximum Gasteiger partial charge on any atom is 0.325 e. The molecule has 0 bridgehead atoms. The predicted molar refractivity (Wildman–Crippen MR) is 132 cm³/mol. The molecule has 36 heavy (non-hydrogen) atoms. The van der Waals surface area contributed by atoms with E-state index in [0.29, 0.717) is 6.42 Å². The summed E-state index contributed by atoms with van der Waals surface area (Å²) in [6.07, 6.45) is 0.551. The molecule has 1 saturated heterocycles. The molecule has 0 saturated carbocycles. The molecule has 200 valence electrons. The van der Waals surface area contributed by atoms with Gasteiger partial charge in [0.15, 0.2) is 5.41 Å². The fourth-order valence-corrected chi connectivity index (χ4v) is 4.68. The first kappa shape index (κ1) is 29.3. The fourth-order valence-electron chi connectivity index (χ4n) is 4.68. The summed E-state index contributed by atoms with van der Waals surface area (Å²) in [4.78, 5) is 54.7. The molecule has 0 unspecified atom stereocenters. The van der Waals surface area contributed by atoms with Gasteiger partial charge in [-0.2, -0.15) is 0 Å². The molecule has 0 aliphatic carbocycles. The van der Waals surface area contributed by atoms with Gasteiger partial charge in [0.1, 0.15) is 11.6 Å². The van der Waals surface area contributed by atoms with Gasteiger partial charge in [-0.3, -0.25) is 24.1 Å². The topological polar surface area (TPSA) is 108 Å². The van der Waals surface area contributed by atoms with Crippen molar-refractivity contribution in [3.8, 4) is 0 Å². The lowest BCUT2D eigenvalue weighted by atomic mass is 9.73. The molecule has 1 heterocycles. The molecule has 0 spiro atoms. The molecule has 9 heteroatoms. The third-order valence-corrected chi connectivity index (χ3v) is 5.98. The van der Waals surface area contributed by atoms with Crippen molar-refractivity contribution in [2.45, 2.75) is 78.5 Å². The molecule has 2 atom stereocenters. The molecular weight excluding hydrogens is 466 g/mol. The highest BCUT2D eigenvalue weighted by atomic mass is 16.6. The number of hydrogen-bond acceptors (Lipinski definition) is 9. The molecule has 9 nitrogen and oxygen atoms in total. The molecule has 1 aromatic carbocycles. The monoisotopic (exact) mass is 505 g/mol. The predicted octanol–water partition coefficient (Wildman–Crippen LogP) is 3.08. The van der Waals surface area contributed by atoms with Crippen LogP contribution < -0.4 is 0 Å². The number of carbonyl (C=O) groups excluding carboxylic acids is 4. The Labute approximate surface area is 213 Å². The molecule has 0 radical (unpaired) electrons. The van der Waals surface area contributed by atoms with Crippen LogP contribution in [0.5, 0.6) is 0 Å². The molecule has 1 fully saturated rings. The Bertz CT molecular complexity index is 890. The van der Waals surface area contributed by atoms with E-state index in [1.165, 1.54) is 0 Å². The summed E-state index contributed by atoms with van der Waals surface area (Å²) in [6, 6.07) is 7.38. The Hall–Kier alpha value is -2.94. The van der Waals surface area contributed by atoms with Crippen LogP contribution in [0, 0.1) is 5.41 Å². The number of ether oxygens (including phenoxy) is 4. The highest BCUT2D eigenvalue weighted by Crippen LogP contribution is 2.42. The Morgan fingerprint density at radius 1 is 0.861 bits per heavy atom. The van der Waals surface area contributed by atoms with Crippen molar-refractivity contribution < 1.29 is 38.1 Å². The SMILES string of the molecule is CCOC(=O)[C@@H]1CC[C@H](C(Cc2ccccc2)(C(=O)OCC)C(=O)OCC)N1CC(=O)OC(C)(C)C. The van der Waals surface area contributed by atoms with Crippen molar-refractivity contribution in [2.24, 2.45) is 5.41 Å². The first-order valence-corrected chi connectivity index (χ1v) is 12.5. The summed E-state index contributed by atoms with van der Waals surface area (Å²) >= 11 is 0. The lowest BCUT2D eigenvalue weighted by Crippen LogP contribution is -2.59. The molecular formula is C27H39NO8. The lowest BCUT2D eigenvalue weighted by molar-refractivity contribution is -0.181. The summed E-state index contributed by atoms with van der Waals surface area (Å²) in [5.41, 5.74) is -1.85. The number of esters is 4. The van der Waals surface area contributed by atoms with Crippen molar-refractivity contribution in [1.29, 1.82) is 0 Å². The van der Waals surface area contributed by atoms with E-state index in [4.69, 9.17) is 18.9 Å². The van der Waals surface area contributed by atoms with Gasteiger partial charge in [0.05, 0.1) is 26.4 Å². The number of benzene rings is 1. The van der Waals surface area contributed by atoms with Crippen LogP contribution in [0.3, 0.4) is 0 Å². The van der Waals surface area contributed by atoms with Crippen LogP contribution in [-0.4, -0.2) is 72.8 Å². The molecule has 1 aliphatic rings. The number of carbonyl (C=O) groups is 4. The van der Waals surface area contributed by atoms with Crippen LogP contribution in [0.25, 0.3) is 0 Å². The van der Waals surface area contributed by atoms with Gasteiger partial charge in [0.25, 0.3) is 0 Å². The minimum Gasteiger partial charge on any atom is -0.465 e. The smallest absolute Gasteiger partial charge is 0.325 e. The lowest BCUT2D eigenvalue weighted by Gasteiger charge is -2.40. The van der Waals surface area contributed by atoms with Gasteiger partial charge in [0.2, 0.25) is 0 Å². The first-order chi connectivity index (χ1) is 17.0. The van der Waals surface area contributed by atoms with E-state index in [1.807, 2.05) is 30.3 Å². The number of nitrogens with zero attached hydrogens (tertiary/aromatic N) is 1. The second kappa shape index (κ2) is 12.9. The van der Waals surface area contributed by atoms with Crippen molar-refractivity contribution in [2.75, 3.05) is 26.4 Å². The van der Waals surface area contributed by atoms with E-state index in [1.54, 1.807) is 46.4 Å². The van der Waals surface area contributed by atoms with Crippen molar-refractivity contribution in [3.05, 3.63) is 35.9 Å². The first-order valence-electron chi connectivity index (χ1n) is 12.5. The van der Waals surface area contributed by atoms with Gasteiger partial charge in [-0.1, -0.05) is 30.3 Å². The zero-order chi connectivity index (χ0) is 26.9. The van der Waals surface area contributed by atoms with Crippen LogP contribution in [0.1, 0.15) is 59.9 Å². The molecule has 1 aliphatic heterocycles. The molecule has 1 aromatic rings. The zero-order valence-electron chi connectivity index (χ0n) is 22.2. The average molecular weight is 506 g/mol. The van der Waals surface area contributed by atoms with Gasteiger partial charge in [-0.25, -0.2) is 0 Å². The van der Waals surface area contributed by atoms with E-state index in [0.717, 1.165) is 5.56 Å². The van der Waals surface area contributed by atoms with E-state index in [-0.39, 0.29) is 39.2 Å². The van der Waals surface area contributed by atoms with Crippen LogP contribution in [0.2, 0.25) is 0 Å². The molecule has 0 N–H and O–H groups in total. The van der Waals surface area contributed by atoms with E-state index in [2.05, 4.69) is 0 Å². The van der Waals surface area contributed by atoms with Crippen molar-refractivity contribution in [1.82, 2.24) is 4.90 Å². The minimum absolute atomic E-state index is 0.0173. The third-order valence-electron chi connectivity index (χ3n) is 5.98. The number of likely N-dealkylation sites (tertiary alicyclic amines) is 1. The van der Waals surface area contributed by atoms with Gasteiger partial charge in [-0.05, 0) is 59.9 Å². The number of hydrogen-bond donors (Lipinski definition) is 0. The second-order valence-electron chi connectivity index (χ2n) is 9.69. The van der Waals surface area contributed by atoms with Crippen LogP contribution in [0.4, 0.5) is 0 Å². The summed E-state index contributed by atoms with van der Waals surface area (Å²) in [7, 11) is 0. The Balaban J connectivity index is 2.64. The summed E-state index contributed by atoms with van der Waals surface area (Å²) < 4.78 is 21.7. The molecule has 0 amide bonds. The van der Waals surface area contributed by atoms with Crippen molar-refractivity contribution in [3.63, 3.8) is 0 Å². The molecule has 2 rings (SSSR count). The van der Waals surface area contributed by atoms with E-state index >= 15 is 0 Å². The van der Waals surface area contributed by atoms with E-state index in [9.17, 15) is 19.2 Å². The Morgan fingerprint density at radius 3 is 1.92 bits per heavy atom. The van der Waals surface area contributed by atoms with E-state index < -0.39 is 47.0 Å². The van der Waals surface area contributed by atoms with Crippen molar-refractivity contribution >= 4 is 23.9 Å². The Kier molecular flexibility index (Phi) is 10.5. The summed E-state index contributed by atoms with van der Waals surface area (Å²) in [5.74, 6) is -2.61. The minimum atomic E-state index is -1.81. The maximum absolute atomic E-state index is 13.7. The largest absolute Gasteiger partial charge is 0.465 e. The zero-order valence-corrected chi connectivity index (χ0v) is 22.2. The van der Waals surface area contributed by atoms with Gasteiger partial charge in [0, 0.05) is 12.5 Å². The van der Waals surface area contributed by atoms with Gasteiger partial charge >= 0.3 is 23.9 Å². The highest BCUT2D eigenvalue weighted by Gasteiger charge is 2.60. The highest BCUT2D eigenvalue weighted by molar-refractivity contribution is 6.01. The van der Waals surface area contributed by atoms with Gasteiger partial charge in [-0.15, -0.1) is 0 Å². The fraction of sp³-hybridized carbons (Fsp3) is 0.630. The van der Waals surface area contributed by atoms with Crippen LogP contribution in [0.15, 0.2) is 30.3 Å². The number of rotatable bonds is 11. The quantitative estimate of drug-likeness (QED) is 0.255. The standard InChI is InChI=1S/C27H39NO8/c1-7-33-23(30)20-15-16-21(28(20)18-22(29)36-26(4,5)6)27(24(31)34-8-2,25(32)35-9-3)17-19-13-11-10-12-14-19/h10-14,20-21H,7-9,15-18H2,1-6H3/t20-,21+/m0/s1. The Morgan fingerprint density at radius 2 is 1.42 bits per heavy atom. The molecule has 0 aromatic heterocycles. The third kappa shape index (κ3) is 7.06. The van der Waals surface area contributed by atoms with Crippen LogP contribution in [-0.2, 0) is 44.5 Å². The second-order valence-corrected chi connectivity index (χ2v) is 9.69. The normalized spacial score (nSPS) is 18.4.